The van der Waals surface area contributed by atoms with Crippen LogP contribution in [0.15, 0.2) is 77.7 Å². The molecule has 3 rings (SSSR count). The van der Waals surface area contributed by atoms with Crippen molar-refractivity contribution in [3.8, 4) is 11.5 Å². The molecule has 2 N–H and O–H groups in total. The van der Waals surface area contributed by atoms with E-state index in [2.05, 4.69) is 10.0 Å². The van der Waals surface area contributed by atoms with E-state index in [1.165, 1.54) is 41.3 Å². The lowest BCUT2D eigenvalue weighted by Crippen LogP contribution is -2.49. The number of hydrogen-bond acceptors (Lipinski definition) is 7. The van der Waals surface area contributed by atoms with Crippen LogP contribution in [0.25, 0.3) is 0 Å². The Balaban J connectivity index is 1.67. The summed E-state index contributed by atoms with van der Waals surface area (Å²) in [5, 5.41) is 2.82. The molecule has 1 atom stereocenters. The number of carbonyl (C=O) groups is 2. The van der Waals surface area contributed by atoms with Gasteiger partial charge < -0.3 is 24.4 Å². The molecular formula is C29H34FN3O7S. The second-order valence-electron chi connectivity index (χ2n) is 9.06. The minimum atomic E-state index is -3.92. The van der Waals surface area contributed by atoms with Crippen LogP contribution < -0.4 is 19.5 Å². The normalized spacial score (nSPS) is 11.8. The number of rotatable bonds is 15. The first-order valence-electron chi connectivity index (χ1n) is 12.8. The Hall–Kier alpha value is -4.16. The van der Waals surface area contributed by atoms with Gasteiger partial charge in [-0.05, 0) is 79.6 Å². The van der Waals surface area contributed by atoms with Crippen molar-refractivity contribution in [2.45, 2.75) is 30.8 Å². The number of anilines is 1. The zero-order valence-electron chi connectivity index (χ0n) is 23.1. The number of methoxy groups -OCH3 is 2. The number of carbonyl (C=O) groups excluding carboxylic acids is 2. The van der Waals surface area contributed by atoms with Crippen molar-refractivity contribution in [1.82, 2.24) is 10.2 Å². The van der Waals surface area contributed by atoms with Crippen LogP contribution in [0.2, 0.25) is 0 Å². The summed E-state index contributed by atoms with van der Waals surface area (Å²) in [6.45, 7) is 2.33. The second-order valence-corrected chi connectivity index (χ2v) is 10.7. The van der Waals surface area contributed by atoms with Gasteiger partial charge in [0.25, 0.3) is 15.9 Å². The summed E-state index contributed by atoms with van der Waals surface area (Å²) in [6, 6.07) is 16.8. The minimum absolute atomic E-state index is 0.0413. The van der Waals surface area contributed by atoms with E-state index in [4.69, 9.17) is 14.2 Å². The molecule has 0 spiro atoms. The zero-order valence-corrected chi connectivity index (χ0v) is 23.9. The third-order valence-electron chi connectivity index (χ3n) is 6.10. The summed E-state index contributed by atoms with van der Waals surface area (Å²) >= 11 is 0. The molecule has 3 aromatic carbocycles. The van der Waals surface area contributed by atoms with E-state index in [0.29, 0.717) is 25.3 Å². The number of amides is 2. The molecule has 0 aliphatic heterocycles. The highest BCUT2D eigenvalue weighted by Gasteiger charge is 2.26. The van der Waals surface area contributed by atoms with Gasteiger partial charge in [-0.15, -0.1) is 0 Å². The number of nitrogens with one attached hydrogen (secondary N) is 2. The quantitative estimate of drug-likeness (QED) is 0.261. The molecule has 2 amide bonds. The molecule has 0 radical (unpaired) electrons. The topological polar surface area (TPSA) is 123 Å². The molecule has 0 aromatic heterocycles. The standard InChI is InChI=1S/C29H34FN3O7S/c1-21(29(35)31-17-4-18-38-2)33(19-22-5-11-25(39-3)12-6-22)28(34)20-40-26-13-15-27(16-14-26)41(36,37)32-24-9-7-23(30)8-10-24/h5-16,21,32H,4,17-20H2,1-3H3,(H,31,35)/t21-/m0/s1. The summed E-state index contributed by atoms with van der Waals surface area (Å²) in [4.78, 5) is 27.4. The average Bonchev–Trinajstić information content (AvgIpc) is 2.98. The van der Waals surface area contributed by atoms with E-state index in [1.54, 1.807) is 33.3 Å². The number of nitrogens with zero attached hydrogens (tertiary/aromatic N) is 1. The van der Waals surface area contributed by atoms with Gasteiger partial charge in [-0.2, -0.15) is 0 Å². The lowest BCUT2D eigenvalue weighted by atomic mass is 10.1. The van der Waals surface area contributed by atoms with Crippen LogP contribution in [0.1, 0.15) is 18.9 Å². The SMILES string of the molecule is COCCCNC(=O)[C@H](C)N(Cc1ccc(OC)cc1)C(=O)COc1ccc(S(=O)(=O)Nc2ccc(F)cc2)cc1. The Kier molecular flexibility index (Phi) is 11.5. The Labute approximate surface area is 239 Å². The first-order valence-corrected chi connectivity index (χ1v) is 14.3. The van der Waals surface area contributed by atoms with E-state index in [-0.39, 0.29) is 35.4 Å². The lowest BCUT2D eigenvalue weighted by Gasteiger charge is -2.29. The van der Waals surface area contributed by atoms with Gasteiger partial charge >= 0.3 is 0 Å². The van der Waals surface area contributed by atoms with Crippen LogP contribution in [0, 0.1) is 5.82 Å². The molecule has 220 valence electrons. The summed E-state index contributed by atoms with van der Waals surface area (Å²) in [6.07, 6.45) is 0.635. The van der Waals surface area contributed by atoms with Gasteiger partial charge in [0.1, 0.15) is 23.4 Å². The van der Waals surface area contributed by atoms with Crippen LogP contribution in [-0.2, 0) is 30.9 Å². The Morgan fingerprint density at radius 3 is 2.17 bits per heavy atom. The molecule has 10 nitrogen and oxygen atoms in total. The monoisotopic (exact) mass is 587 g/mol. The van der Waals surface area contributed by atoms with Gasteiger partial charge in [0, 0.05) is 32.5 Å². The maximum absolute atomic E-state index is 13.3. The van der Waals surface area contributed by atoms with E-state index >= 15 is 0 Å². The fourth-order valence-electron chi connectivity index (χ4n) is 3.76. The van der Waals surface area contributed by atoms with Gasteiger partial charge in [-0.3, -0.25) is 14.3 Å². The van der Waals surface area contributed by atoms with Crippen molar-refractivity contribution in [2.24, 2.45) is 0 Å². The first kappa shape index (κ1) is 31.4. The fraction of sp³-hybridized carbons (Fsp3) is 0.310. The molecule has 0 heterocycles. The van der Waals surface area contributed by atoms with Crippen LogP contribution in [0.3, 0.4) is 0 Å². The smallest absolute Gasteiger partial charge is 0.261 e. The Morgan fingerprint density at radius 2 is 1.56 bits per heavy atom. The summed E-state index contributed by atoms with van der Waals surface area (Å²) in [5.41, 5.74) is 1.01. The van der Waals surface area contributed by atoms with Gasteiger partial charge in [0.2, 0.25) is 5.91 Å². The highest BCUT2D eigenvalue weighted by atomic mass is 32.2. The molecule has 12 heteroatoms. The van der Waals surface area contributed by atoms with Crippen molar-refractivity contribution >= 4 is 27.5 Å². The Bertz CT molecular complexity index is 1380. The number of benzene rings is 3. The van der Waals surface area contributed by atoms with Crippen LogP contribution >= 0.6 is 0 Å². The Morgan fingerprint density at radius 1 is 0.927 bits per heavy atom. The first-order chi connectivity index (χ1) is 19.6. The summed E-state index contributed by atoms with van der Waals surface area (Å²) < 4.78 is 56.7. The third-order valence-corrected chi connectivity index (χ3v) is 7.49. The fourth-order valence-corrected chi connectivity index (χ4v) is 4.82. The highest BCUT2D eigenvalue weighted by molar-refractivity contribution is 7.92. The molecule has 0 unspecified atom stereocenters. The average molecular weight is 588 g/mol. The molecule has 0 fully saturated rings. The molecule has 0 aliphatic carbocycles. The number of halogens is 1. The molecule has 0 saturated carbocycles. The van der Waals surface area contributed by atoms with Crippen molar-refractivity contribution in [3.05, 3.63) is 84.2 Å². The van der Waals surface area contributed by atoms with E-state index in [0.717, 1.165) is 17.7 Å². The minimum Gasteiger partial charge on any atom is -0.497 e. The molecule has 3 aromatic rings. The largest absolute Gasteiger partial charge is 0.497 e. The second kappa shape index (κ2) is 15.0. The zero-order chi connectivity index (χ0) is 29.8. The van der Waals surface area contributed by atoms with Crippen LogP contribution in [-0.4, -0.2) is 65.2 Å². The summed E-state index contributed by atoms with van der Waals surface area (Å²) in [7, 11) is -0.786. The molecule has 41 heavy (non-hydrogen) atoms. The molecular weight excluding hydrogens is 553 g/mol. The summed E-state index contributed by atoms with van der Waals surface area (Å²) in [5.74, 6) is -0.303. The molecule has 0 bridgehead atoms. The van der Waals surface area contributed by atoms with Crippen LogP contribution in [0.4, 0.5) is 10.1 Å². The van der Waals surface area contributed by atoms with Crippen molar-refractivity contribution in [1.29, 1.82) is 0 Å². The highest BCUT2D eigenvalue weighted by Crippen LogP contribution is 2.20. The van der Waals surface area contributed by atoms with Gasteiger partial charge in [0.05, 0.1) is 12.0 Å². The maximum atomic E-state index is 13.3. The van der Waals surface area contributed by atoms with Crippen molar-refractivity contribution in [2.75, 3.05) is 38.7 Å². The van der Waals surface area contributed by atoms with Crippen LogP contribution in [0.5, 0.6) is 11.5 Å². The van der Waals surface area contributed by atoms with E-state index in [1.807, 2.05) is 12.1 Å². The molecule has 0 saturated heterocycles. The van der Waals surface area contributed by atoms with Gasteiger partial charge in [-0.25, -0.2) is 12.8 Å². The number of sulfonamides is 1. The van der Waals surface area contributed by atoms with E-state index < -0.39 is 27.8 Å². The third kappa shape index (κ3) is 9.47. The predicted octanol–water partition coefficient (Wildman–Crippen LogP) is 3.58. The number of hydrogen-bond donors (Lipinski definition) is 2. The molecule has 0 aliphatic rings. The number of ether oxygens (including phenoxy) is 3. The maximum Gasteiger partial charge on any atom is 0.261 e. The van der Waals surface area contributed by atoms with Gasteiger partial charge in [0.15, 0.2) is 6.61 Å². The lowest BCUT2D eigenvalue weighted by molar-refractivity contribution is -0.142. The van der Waals surface area contributed by atoms with Crippen molar-refractivity contribution < 1.29 is 36.6 Å². The predicted molar refractivity (Wildman–Crippen MR) is 152 cm³/mol. The van der Waals surface area contributed by atoms with E-state index in [9.17, 15) is 22.4 Å². The van der Waals surface area contributed by atoms with Crippen molar-refractivity contribution in [3.63, 3.8) is 0 Å². The van der Waals surface area contributed by atoms with Gasteiger partial charge in [-0.1, -0.05) is 12.1 Å².